The second kappa shape index (κ2) is 7.76. The highest BCUT2D eigenvalue weighted by atomic mass is 16.1. The molecule has 144 valence electrons. The quantitative estimate of drug-likeness (QED) is 0.602. The van der Waals surface area contributed by atoms with Crippen LogP contribution in [0.5, 0.6) is 0 Å². The molecule has 0 N–H and O–H groups in total. The molecule has 0 radical (unpaired) electrons. The number of hydrogen-bond acceptors (Lipinski definition) is 2. The summed E-state index contributed by atoms with van der Waals surface area (Å²) < 4.78 is 0. The Labute approximate surface area is 175 Å². The van der Waals surface area contributed by atoms with E-state index in [1.54, 1.807) is 0 Å². The van der Waals surface area contributed by atoms with Gasteiger partial charge in [0.1, 0.15) is 5.84 Å². The van der Waals surface area contributed by atoms with Crippen LogP contribution in [0.3, 0.4) is 0 Å². The molecule has 0 fully saturated rings. The van der Waals surface area contributed by atoms with Gasteiger partial charge in [-0.05, 0) is 41.0 Å². The van der Waals surface area contributed by atoms with E-state index in [0.717, 1.165) is 28.1 Å². The van der Waals surface area contributed by atoms with Gasteiger partial charge in [-0.25, -0.2) is 4.99 Å². The van der Waals surface area contributed by atoms with Gasteiger partial charge in [0.25, 0.3) is 5.91 Å². The van der Waals surface area contributed by atoms with E-state index in [4.69, 9.17) is 4.99 Å². The maximum atomic E-state index is 12.9. The largest absolute Gasteiger partial charge is 0.329 e. The molecule has 0 unspecified atom stereocenters. The first-order chi connectivity index (χ1) is 14.8. The lowest BCUT2D eigenvalue weighted by Crippen LogP contribution is -2.24. The Morgan fingerprint density at radius 1 is 0.833 bits per heavy atom. The lowest BCUT2D eigenvalue weighted by atomic mass is 10.0. The number of amidine groups is 2. The summed E-state index contributed by atoms with van der Waals surface area (Å²) in [5, 5.41) is 0. The Morgan fingerprint density at radius 2 is 1.57 bits per heavy atom. The first-order valence-electron chi connectivity index (χ1n) is 9.85. The molecule has 30 heavy (non-hydrogen) atoms. The van der Waals surface area contributed by atoms with Crippen molar-refractivity contribution in [2.75, 3.05) is 0 Å². The van der Waals surface area contributed by atoms with Gasteiger partial charge >= 0.3 is 0 Å². The van der Waals surface area contributed by atoms with Crippen LogP contribution in [0, 0.1) is 0 Å². The number of benzene rings is 3. The standard InChI is InChI=1S/C26H19N3O/c30-26(21-15-13-20(14-16-21)19-8-2-1-3-9-19)28-25-23-11-5-4-10-22(23)18-29-17-7-6-12-24(29)27-25/h1-17H,18H2. The second-order valence-corrected chi connectivity index (χ2v) is 7.14. The van der Waals surface area contributed by atoms with E-state index in [9.17, 15) is 4.79 Å². The van der Waals surface area contributed by atoms with Crippen molar-refractivity contribution in [1.29, 1.82) is 0 Å². The van der Waals surface area contributed by atoms with Crippen LogP contribution in [0.15, 0.2) is 113 Å². The predicted octanol–water partition coefficient (Wildman–Crippen LogP) is 5.24. The molecule has 2 heterocycles. The molecule has 0 atom stereocenters. The molecule has 2 aliphatic rings. The van der Waals surface area contributed by atoms with Crippen molar-refractivity contribution in [2.24, 2.45) is 9.98 Å². The Kier molecular flexibility index (Phi) is 4.66. The molecule has 4 heteroatoms. The predicted molar refractivity (Wildman–Crippen MR) is 120 cm³/mol. The van der Waals surface area contributed by atoms with E-state index in [1.807, 2.05) is 97.2 Å². The molecule has 5 rings (SSSR count). The fourth-order valence-electron chi connectivity index (χ4n) is 3.61. The molecular weight excluding hydrogens is 370 g/mol. The van der Waals surface area contributed by atoms with Crippen LogP contribution >= 0.6 is 0 Å². The van der Waals surface area contributed by atoms with Crippen molar-refractivity contribution in [3.8, 4) is 11.1 Å². The summed E-state index contributed by atoms with van der Waals surface area (Å²) in [6.45, 7) is 0.689. The van der Waals surface area contributed by atoms with Crippen molar-refractivity contribution < 1.29 is 4.79 Å². The first-order valence-corrected chi connectivity index (χ1v) is 9.85. The second-order valence-electron chi connectivity index (χ2n) is 7.14. The van der Waals surface area contributed by atoms with Crippen molar-refractivity contribution in [1.82, 2.24) is 4.90 Å². The molecule has 0 spiro atoms. The number of nitrogens with zero attached hydrogens (tertiary/aromatic N) is 3. The van der Waals surface area contributed by atoms with Crippen LogP contribution in [-0.4, -0.2) is 22.5 Å². The number of fused-ring (bicyclic) bond motifs is 2. The number of rotatable bonds is 2. The number of aliphatic imine (C=N–C) groups is 2. The van der Waals surface area contributed by atoms with Crippen molar-refractivity contribution in [3.63, 3.8) is 0 Å². The summed E-state index contributed by atoms with van der Waals surface area (Å²) >= 11 is 0. The third kappa shape index (κ3) is 3.51. The molecule has 3 aromatic rings. The number of carbonyl (C=O) groups is 1. The van der Waals surface area contributed by atoms with Crippen LogP contribution in [0.25, 0.3) is 11.1 Å². The van der Waals surface area contributed by atoms with E-state index >= 15 is 0 Å². The molecule has 0 saturated heterocycles. The summed E-state index contributed by atoms with van der Waals surface area (Å²) in [7, 11) is 0. The Balaban J connectivity index is 1.50. The fraction of sp³-hybridized carbons (Fsp3) is 0.0385. The lowest BCUT2D eigenvalue weighted by Gasteiger charge is -2.20. The highest BCUT2D eigenvalue weighted by Crippen LogP contribution is 2.22. The van der Waals surface area contributed by atoms with E-state index in [2.05, 4.69) is 16.0 Å². The minimum absolute atomic E-state index is 0.299. The van der Waals surface area contributed by atoms with Gasteiger partial charge in [0.2, 0.25) is 0 Å². The number of carbonyl (C=O) groups excluding carboxylic acids is 1. The maximum absolute atomic E-state index is 12.9. The van der Waals surface area contributed by atoms with Gasteiger partial charge in [-0.2, -0.15) is 4.99 Å². The monoisotopic (exact) mass is 389 g/mol. The van der Waals surface area contributed by atoms with Crippen molar-refractivity contribution in [2.45, 2.75) is 6.54 Å². The van der Waals surface area contributed by atoms with Crippen LogP contribution in [0.4, 0.5) is 0 Å². The van der Waals surface area contributed by atoms with Gasteiger partial charge in [-0.15, -0.1) is 0 Å². The van der Waals surface area contributed by atoms with Gasteiger partial charge in [0, 0.05) is 23.9 Å². The van der Waals surface area contributed by atoms with E-state index in [1.165, 1.54) is 0 Å². The van der Waals surface area contributed by atoms with Gasteiger partial charge in [-0.3, -0.25) is 4.79 Å². The number of hydrogen-bond donors (Lipinski definition) is 0. The van der Waals surface area contributed by atoms with Crippen LogP contribution in [0.2, 0.25) is 0 Å². The zero-order valence-corrected chi connectivity index (χ0v) is 16.3. The normalized spacial score (nSPS) is 15.9. The third-order valence-electron chi connectivity index (χ3n) is 5.18. The van der Waals surface area contributed by atoms with Crippen molar-refractivity contribution >= 4 is 17.6 Å². The smallest absolute Gasteiger partial charge is 0.279 e. The average Bonchev–Trinajstić information content (AvgIpc) is 2.96. The van der Waals surface area contributed by atoms with Crippen LogP contribution in [0.1, 0.15) is 21.5 Å². The summed E-state index contributed by atoms with van der Waals surface area (Å²) in [6.07, 6.45) is 7.83. The Bertz CT molecular complexity index is 1220. The number of allylic oxidation sites excluding steroid dienone is 2. The summed E-state index contributed by atoms with van der Waals surface area (Å²) in [5.74, 6) is 0.924. The van der Waals surface area contributed by atoms with Crippen molar-refractivity contribution in [3.05, 3.63) is 120 Å². The van der Waals surface area contributed by atoms with E-state index in [0.29, 0.717) is 17.9 Å². The first kappa shape index (κ1) is 18.0. The van der Waals surface area contributed by atoms with E-state index in [-0.39, 0.29) is 5.91 Å². The molecule has 4 nitrogen and oxygen atoms in total. The Hall–Kier alpha value is -4.05. The topological polar surface area (TPSA) is 45.0 Å². The molecular formula is C26H19N3O. The maximum Gasteiger partial charge on any atom is 0.279 e. The van der Waals surface area contributed by atoms with Crippen LogP contribution < -0.4 is 0 Å². The third-order valence-corrected chi connectivity index (χ3v) is 5.18. The van der Waals surface area contributed by atoms with Gasteiger partial charge in [0.05, 0.1) is 0 Å². The molecule has 0 saturated carbocycles. The van der Waals surface area contributed by atoms with E-state index < -0.39 is 0 Å². The zero-order valence-electron chi connectivity index (χ0n) is 16.3. The molecule has 0 aliphatic carbocycles. The lowest BCUT2D eigenvalue weighted by molar-refractivity contribution is 0.100. The highest BCUT2D eigenvalue weighted by Gasteiger charge is 2.20. The molecule has 3 aromatic carbocycles. The summed E-state index contributed by atoms with van der Waals surface area (Å²) in [5.41, 5.74) is 4.69. The molecule has 1 amide bonds. The minimum Gasteiger partial charge on any atom is -0.329 e. The fourth-order valence-corrected chi connectivity index (χ4v) is 3.61. The van der Waals surface area contributed by atoms with Gasteiger partial charge in [0.15, 0.2) is 5.84 Å². The van der Waals surface area contributed by atoms with Gasteiger partial charge < -0.3 is 4.90 Å². The average molecular weight is 389 g/mol. The summed E-state index contributed by atoms with van der Waals surface area (Å²) in [6, 6.07) is 25.6. The number of amides is 1. The molecule has 0 bridgehead atoms. The van der Waals surface area contributed by atoms with Crippen LogP contribution in [-0.2, 0) is 6.54 Å². The SMILES string of the molecule is O=C(N=C1N=C2C=CC=CN2Cc2ccccc21)c1ccc(-c2ccccc2)cc1. The Morgan fingerprint density at radius 3 is 2.40 bits per heavy atom. The zero-order chi connectivity index (χ0) is 20.3. The molecule has 2 aliphatic heterocycles. The highest BCUT2D eigenvalue weighted by molar-refractivity contribution is 6.16. The van der Waals surface area contributed by atoms with Gasteiger partial charge in [-0.1, -0.05) is 72.8 Å². The minimum atomic E-state index is -0.299. The molecule has 0 aromatic heterocycles. The summed E-state index contributed by atoms with van der Waals surface area (Å²) in [4.78, 5) is 24.1.